The second-order valence-corrected chi connectivity index (χ2v) is 3.47. The number of aliphatic carboxylic acids is 2. The summed E-state index contributed by atoms with van der Waals surface area (Å²) in [6, 6.07) is 0. The molecule has 0 unspecified atom stereocenters. The zero-order valence-corrected chi connectivity index (χ0v) is 9.48. The van der Waals surface area contributed by atoms with Gasteiger partial charge in [-0.3, -0.25) is 0 Å². The number of rotatable bonds is 8. The van der Waals surface area contributed by atoms with E-state index in [0.29, 0.717) is 18.4 Å². The minimum Gasteiger partial charge on any atom is -0.478 e. The van der Waals surface area contributed by atoms with E-state index in [1.54, 1.807) is 6.08 Å². The molecule has 0 aliphatic heterocycles. The molecule has 0 radical (unpaired) electrons. The first kappa shape index (κ1) is 14.4. The molecular weight excluding hydrogens is 208 g/mol. The quantitative estimate of drug-likeness (QED) is 0.492. The lowest BCUT2D eigenvalue weighted by Gasteiger charge is -2.00. The molecule has 0 saturated carbocycles. The van der Waals surface area contributed by atoms with Gasteiger partial charge in [0.1, 0.15) is 0 Å². The van der Waals surface area contributed by atoms with E-state index in [2.05, 4.69) is 6.92 Å². The highest BCUT2D eigenvalue weighted by Crippen LogP contribution is 2.10. The molecule has 90 valence electrons. The largest absolute Gasteiger partial charge is 0.478 e. The van der Waals surface area contributed by atoms with Crippen LogP contribution >= 0.6 is 0 Å². The summed E-state index contributed by atoms with van der Waals surface area (Å²) < 4.78 is 0. The van der Waals surface area contributed by atoms with Crippen LogP contribution < -0.4 is 0 Å². The van der Waals surface area contributed by atoms with E-state index in [1.807, 2.05) is 0 Å². The van der Waals surface area contributed by atoms with Crippen LogP contribution in [0.2, 0.25) is 0 Å². The van der Waals surface area contributed by atoms with E-state index < -0.39 is 11.9 Å². The molecule has 0 aromatic carbocycles. The van der Waals surface area contributed by atoms with Crippen LogP contribution in [-0.2, 0) is 9.59 Å². The van der Waals surface area contributed by atoms with E-state index in [1.165, 1.54) is 6.08 Å². The highest BCUT2D eigenvalue weighted by atomic mass is 16.4. The maximum Gasteiger partial charge on any atom is 0.331 e. The molecule has 0 aromatic heterocycles. The molecule has 0 saturated heterocycles. The van der Waals surface area contributed by atoms with Gasteiger partial charge < -0.3 is 10.2 Å². The third kappa shape index (κ3) is 7.79. The van der Waals surface area contributed by atoms with Crippen LogP contribution in [0, 0.1) is 0 Å². The molecule has 0 spiro atoms. The van der Waals surface area contributed by atoms with Crippen molar-refractivity contribution in [2.75, 3.05) is 0 Å². The van der Waals surface area contributed by atoms with E-state index in [9.17, 15) is 9.59 Å². The standard InChI is InChI=1S/C12H18O4/c1-2-3-4-7-10(12(15)16)8-5-6-9-11(13)14/h6,8-9H,2-5,7H2,1H3,(H,13,14)(H,15,16). The van der Waals surface area contributed by atoms with Crippen molar-refractivity contribution < 1.29 is 19.8 Å². The molecule has 0 rings (SSSR count). The minimum absolute atomic E-state index is 0.347. The van der Waals surface area contributed by atoms with Crippen LogP contribution in [-0.4, -0.2) is 22.2 Å². The van der Waals surface area contributed by atoms with Crippen molar-refractivity contribution in [1.82, 2.24) is 0 Å². The Kier molecular flexibility index (Phi) is 7.85. The van der Waals surface area contributed by atoms with E-state index in [0.717, 1.165) is 25.3 Å². The third-order valence-electron chi connectivity index (χ3n) is 2.09. The number of allylic oxidation sites excluding steroid dienone is 2. The van der Waals surface area contributed by atoms with Gasteiger partial charge in [0.15, 0.2) is 0 Å². The number of carbonyl (C=O) groups is 2. The highest BCUT2D eigenvalue weighted by molar-refractivity contribution is 5.86. The topological polar surface area (TPSA) is 74.6 Å². The second-order valence-electron chi connectivity index (χ2n) is 3.47. The number of carboxylic acid groups (broad SMARTS) is 2. The maximum atomic E-state index is 10.8. The van der Waals surface area contributed by atoms with E-state index >= 15 is 0 Å². The first-order valence-corrected chi connectivity index (χ1v) is 5.39. The first-order valence-electron chi connectivity index (χ1n) is 5.39. The Hall–Kier alpha value is -1.58. The summed E-state index contributed by atoms with van der Waals surface area (Å²) in [6.45, 7) is 2.06. The van der Waals surface area contributed by atoms with Crippen LogP contribution in [0.4, 0.5) is 0 Å². The molecular formula is C12H18O4. The lowest BCUT2D eigenvalue weighted by atomic mass is 10.1. The van der Waals surface area contributed by atoms with Crippen LogP contribution in [0.3, 0.4) is 0 Å². The fourth-order valence-electron chi connectivity index (χ4n) is 1.24. The van der Waals surface area contributed by atoms with Gasteiger partial charge >= 0.3 is 11.9 Å². The number of unbranched alkanes of at least 4 members (excludes halogenated alkanes) is 2. The van der Waals surface area contributed by atoms with Crippen molar-refractivity contribution >= 4 is 11.9 Å². The Labute approximate surface area is 95.3 Å². The van der Waals surface area contributed by atoms with Gasteiger partial charge in [-0.2, -0.15) is 0 Å². The summed E-state index contributed by atoms with van der Waals surface area (Å²) in [6.07, 6.45) is 7.83. The van der Waals surface area contributed by atoms with Gasteiger partial charge in [0.05, 0.1) is 0 Å². The first-order chi connectivity index (χ1) is 7.57. The average molecular weight is 226 g/mol. The lowest BCUT2D eigenvalue weighted by molar-refractivity contribution is -0.133. The van der Waals surface area contributed by atoms with Crippen molar-refractivity contribution in [2.24, 2.45) is 0 Å². The monoisotopic (exact) mass is 226 g/mol. The van der Waals surface area contributed by atoms with E-state index in [4.69, 9.17) is 10.2 Å². The summed E-state index contributed by atoms with van der Waals surface area (Å²) in [7, 11) is 0. The zero-order valence-electron chi connectivity index (χ0n) is 9.48. The number of hydrogen-bond acceptors (Lipinski definition) is 2. The van der Waals surface area contributed by atoms with Crippen molar-refractivity contribution in [3.63, 3.8) is 0 Å². The smallest absolute Gasteiger partial charge is 0.331 e. The van der Waals surface area contributed by atoms with Gasteiger partial charge in [-0.15, -0.1) is 0 Å². The predicted molar refractivity (Wildman–Crippen MR) is 61.3 cm³/mol. The van der Waals surface area contributed by atoms with Crippen LogP contribution in [0.5, 0.6) is 0 Å². The summed E-state index contributed by atoms with van der Waals surface area (Å²) in [5.41, 5.74) is 0.364. The normalized spacial score (nSPS) is 11.9. The van der Waals surface area contributed by atoms with Crippen LogP contribution in [0.15, 0.2) is 23.8 Å². The molecule has 0 aliphatic carbocycles. The highest BCUT2D eigenvalue weighted by Gasteiger charge is 2.05. The summed E-state index contributed by atoms with van der Waals surface area (Å²) in [4.78, 5) is 21.0. The van der Waals surface area contributed by atoms with Crippen molar-refractivity contribution in [1.29, 1.82) is 0 Å². The van der Waals surface area contributed by atoms with Gasteiger partial charge in [0.2, 0.25) is 0 Å². The molecule has 4 heteroatoms. The summed E-state index contributed by atoms with van der Waals surface area (Å²) >= 11 is 0. The lowest BCUT2D eigenvalue weighted by Crippen LogP contribution is -2.00. The molecule has 0 fully saturated rings. The Bertz CT molecular complexity index is 289. The molecule has 0 heterocycles. The molecule has 2 N–H and O–H groups in total. The SMILES string of the molecule is CCCCCC(=CCC=CC(=O)O)C(=O)O. The van der Waals surface area contributed by atoms with Crippen molar-refractivity contribution in [3.05, 3.63) is 23.8 Å². The average Bonchev–Trinajstić information content (AvgIpc) is 2.21. The van der Waals surface area contributed by atoms with Gasteiger partial charge in [-0.05, 0) is 19.3 Å². The number of carboxylic acids is 2. The van der Waals surface area contributed by atoms with Gasteiger partial charge in [0, 0.05) is 11.6 Å². The maximum absolute atomic E-state index is 10.8. The minimum atomic E-state index is -1.02. The van der Waals surface area contributed by atoms with Gasteiger partial charge in [-0.25, -0.2) is 9.59 Å². The Morgan fingerprint density at radius 1 is 1.19 bits per heavy atom. The Balaban J connectivity index is 4.14. The van der Waals surface area contributed by atoms with Gasteiger partial charge in [0.25, 0.3) is 0 Å². The molecule has 16 heavy (non-hydrogen) atoms. The summed E-state index contributed by atoms with van der Waals surface area (Å²) in [5, 5.41) is 17.2. The predicted octanol–water partition coefficient (Wildman–Crippen LogP) is 2.61. The van der Waals surface area contributed by atoms with Gasteiger partial charge in [-0.1, -0.05) is 31.9 Å². The third-order valence-corrected chi connectivity index (χ3v) is 2.09. The molecule has 0 amide bonds. The Morgan fingerprint density at radius 2 is 1.88 bits per heavy atom. The fraction of sp³-hybridized carbons (Fsp3) is 0.500. The molecule has 0 bridgehead atoms. The molecule has 4 nitrogen and oxygen atoms in total. The van der Waals surface area contributed by atoms with Crippen LogP contribution in [0.1, 0.15) is 39.0 Å². The number of hydrogen-bond donors (Lipinski definition) is 2. The molecule has 0 atom stereocenters. The zero-order chi connectivity index (χ0) is 12.4. The van der Waals surface area contributed by atoms with Crippen molar-refractivity contribution in [3.8, 4) is 0 Å². The second kappa shape index (κ2) is 8.71. The molecule has 0 aromatic rings. The van der Waals surface area contributed by atoms with Crippen molar-refractivity contribution in [2.45, 2.75) is 39.0 Å². The Morgan fingerprint density at radius 3 is 2.38 bits per heavy atom. The molecule has 0 aliphatic rings. The van der Waals surface area contributed by atoms with E-state index in [-0.39, 0.29) is 0 Å². The summed E-state index contributed by atoms with van der Waals surface area (Å²) in [5.74, 6) is -1.93. The van der Waals surface area contributed by atoms with Crippen LogP contribution in [0.25, 0.3) is 0 Å². The fourth-order valence-corrected chi connectivity index (χ4v) is 1.24.